The van der Waals surface area contributed by atoms with Crippen molar-refractivity contribution in [2.75, 3.05) is 13.1 Å². The minimum atomic E-state index is -0.264. The van der Waals surface area contributed by atoms with Crippen molar-refractivity contribution >= 4 is 11.8 Å². The molecular weight excluding hydrogens is 367 g/mol. The number of hydrogen-bond acceptors (Lipinski definition) is 7. The number of nitrogens with zero attached hydrogens (tertiary/aromatic N) is 6. The number of rotatable bonds is 6. The number of aromatic nitrogens is 5. The van der Waals surface area contributed by atoms with E-state index in [1.807, 2.05) is 4.57 Å². The van der Waals surface area contributed by atoms with Crippen LogP contribution in [0.1, 0.15) is 36.8 Å². The first-order chi connectivity index (χ1) is 13.2. The van der Waals surface area contributed by atoms with Crippen molar-refractivity contribution in [1.29, 1.82) is 0 Å². The van der Waals surface area contributed by atoms with E-state index in [0.29, 0.717) is 17.5 Å². The maximum Gasteiger partial charge on any atom is 0.237 e. The topological polar surface area (TPSA) is 72.9 Å². The molecule has 2 aromatic heterocycles. The van der Waals surface area contributed by atoms with Crippen molar-refractivity contribution in [3.8, 4) is 5.69 Å². The summed E-state index contributed by atoms with van der Waals surface area (Å²) in [6.45, 7) is 4.65. The van der Waals surface area contributed by atoms with Crippen molar-refractivity contribution in [3.63, 3.8) is 0 Å². The molecule has 0 aliphatic carbocycles. The van der Waals surface area contributed by atoms with Gasteiger partial charge in [-0.05, 0) is 57.1 Å². The van der Waals surface area contributed by atoms with Gasteiger partial charge in [0.2, 0.25) is 5.89 Å². The Morgan fingerprint density at radius 2 is 1.89 bits per heavy atom. The highest BCUT2D eigenvalue weighted by atomic mass is 32.2. The van der Waals surface area contributed by atoms with Crippen LogP contribution in [0, 0.1) is 12.7 Å². The third kappa shape index (κ3) is 4.36. The quantitative estimate of drug-likeness (QED) is 0.599. The zero-order valence-corrected chi connectivity index (χ0v) is 16.0. The smallest absolute Gasteiger partial charge is 0.237 e. The lowest BCUT2D eigenvalue weighted by molar-refractivity contribution is 0.214. The van der Waals surface area contributed by atoms with E-state index in [2.05, 4.69) is 25.2 Å². The number of halogens is 1. The summed E-state index contributed by atoms with van der Waals surface area (Å²) in [6, 6.07) is 6.41. The maximum absolute atomic E-state index is 13.4. The van der Waals surface area contributed by atoms with Crippen molar-refractivity contribution in [2.24, 2.45) is 0 Å². The molecule has 1 aliphatic heterocycles. The molecule has 1 saturated heterocycles. The van der Waals surface area contributed by atoms with Gasteiger partial charge in [-0.15, -0.1) is 10.2 Å². The molecule has 0 saturated carbocycles. The molecule has 1 fully saturated rings. The largest absolute Gasteiger partial charge is 0.338 e. The van der Waals surface area contributed by atoms with Crippen LogP contribution in [0.15, 0.2) is 33.9 Å². The van der Waals surface area contributed by atoms with Crippen molar-refractivity contribution in [1.82, 2.24) is 29.8 Å². The monoisotopic (exact) mass is 388 g/mol. The Bertz CT molecular complexity index is 888. The second-order valence-electron chi connectivity index (χ2n) is 6.57. The Labute approximate surface area is 161 Å². The molecule has 0 unspecified atom stereocenters. The van der Waals surface area contributed by atoms with Gasteiger partial charge in [0.15, 0.2) is 16.8 Å². The molecule has 142 valence electrons. The molecule has 3 aromatic rings. The molecule has 0 radical (unpaired) electrons. The first kappa shape index (κ1) is 18.1. The van der Waals surface area contributed by atoms with Gasteiger partial charge in [0.25, 0.3) is 0 Å². The van der Waals surface area contributed by atoms with Crippen LogP contribution in [-0.4, -0.2) is 42.9 Å². The molecule has 1 aliphatic rings. The van der Waals surface area contributed by atoms with Crippen LogP contribution in [0.2, 0.25) is 0 Å². The molecule has 1 aromatic carbocycles. The highest BCUT2D eigenvalue weighted by Gasteiger charge is 2.19. The van der Waals surface area contributed by atoms with Gasteiger partial charge < -0.3 is 4.52 Å². The summed E-state index contributed by atoms with van der Waals surface area (Å²) in [7, 11) is 0. The average Bonchev–Trinajstić information content (AvgIpc) is 3.28. The summed E-state index contributed by atoms with van der Waals surface area (Å²) in [4.78, 5) is 6.62. The van der Waals surface area contributed by atoms with Gasteiger partial charge in [0.1, 0.15) is 5.82 Å². The summed E-state index contributed by atoms with van der Waals surface area (Å²) in [5.74, 6) is 2.25. The van der Waals surface area contributed by atoms with E-state index >= 15 is 0 Å². The summed E-state index contributed by atoms with van der Waals surface area (Å²) in [5, 5.41) is 13.3. The predicted molar refractivity (Wildman–Crippen MR) is 99.0 cm³/mol. The lowest BCUT2D eigenvalue weighted by Crippen LogP contribution is -2.30. The Morgan fingerprint density at radius 1 is 1.11 bits per heavy atom. The minimum absolute atomic E-state index is 0.264. The summed E-state index contributed by atoms with van der Waals surface area (Å²) in [6.07, 6.45) is 3.71. The number of likely N-dealkylation sites (tertiary alicyclic amines) is 1. The van der Waals surface area contributed by atoms with E-state index < -0.39 is 0 Å². The molecule has 0 N–H and O–H groups in total. The first-order valence-corrected chi connectivity index (χ1v) is 10.0. The Morgan fingerprint density at radius 3 is 2.59 bits per heavy atom. The summed E-state index contributed by atoms with van der Waals surface area (Å²) >= 11 is 1.48. The summed E-state index contributed by atoms with van der Waals surface area (Å²) in [5.41, 5.74) is 0.845. The van der Waals surface area contributed by atoms with Crippen LogP contribution in [0.5, 0.6) is 0 Å². The van der Waals surface area contributed by atoms with Crippen LogP contribution >= 0.6 is 11.8 Å². The van der Waals surface area contributed by atoms with Crippen LogP contribution in [0.25, 0.3) is 5.69 Å². The molecule has 4 rings (SSSR count). The van der Waals surface area contributed by atoms with E-state index in [1.54, 1.807) is 19.1 Å². The summed E-state index contributed by atoms with van der Waals surface area (Å²) < 4.78 is 20.6. The standard InChI is InChI=1S/C18H21FN6OS/c1-13-20-17(26-23-13)12-27-18-22-21-16(11-24-9-3-2-4-10-24)25(18)15-7-5-14(19)6-8-15/h5-8H,2-4,9-12H2,1H3. The molecular formula is C18H21FN6OS. The van der Waals surface area contributed by atoms with E-state index in [9.17, 15) is 4.39 Å². The number of hydrogen-bond donors (Lipinski definition) is 0. The highest BCUT2D eigenvalue weighted by molar-refractivity contribution is 7.98. The zero-order valence-electron chi connectivity index (χ0n) is 15.1. The third-order valence-corrected chi connectivity index (χ3v) is 5.41. The van der Waals surface area contributed by atoms with Crippen molar-refractivity contribution in [2.45, 2.75) is 43.6 Å². The number of aryl methyl sites for hydroxylation is 1. The molecule has 0 spiro atoms. The molecule has 9 heteroatoms. The second kappa shape index (κ2) is 8.18. The van der Waals surface area contributed by atoms with E-state index in [4.69, 9.17) is 4.52 Å². The van der Waals surface area contributed by atoms with Gasteiger partial charge in [-0.2, -0.15) is 4.98 Å². The van der Waals surface area contributed by atoms with Crippen molar-refractivity contribution < 1.29 is 8.91 Å². The normalized spacial score (nSPS) is 15.3. The predicted octanol–water partition coefficient (Wildman–Crippen LogP) is 3.38. The minimum Gasteiger partial charge on any atom is -0.338 e. The van der Waals surface area contributed by atoms with Crippen molar-refractivity contribution in [3.05, 3.63) is 47.6 Å². The van der Waals surface area contributed by atoms with E-state index in [1.165, 1.54) is 43.2 Å². The molecule has 0 bridgehead atoms. The van der Waals surface area contributed by atoms with E-state index in [0.717, 1.165) is 36.3 Å². The fourth-order valence-electron chi connectivity index (χ4n) is 3.19. The number of piperidine rings is 1. The Balaban J connectivity index is 1.60. The third-order valence-electron chi connectivity index (χ3n) is 4.49. The molecule has 0 amide bonds. The van der Waals surface area contributed by atoms with Gasteiger partial charge in [-0.3, -0.25) is 9.47 Å². The fraction of sp³-hybridized carbons (Fsp3) is 0.444. The second-order valence-corrected chi connectivity index (χ2v) is 7.51. The van der Waals surface area contributed by atoms with Gasteiger partial charge in [-0.25, -0.2) is 4.39 Å². The van der Waals surface area contributed by atoms with Gasteiger partial charge in [-0.1, -0.05) is 23.3 Å². The van der Waals surface area contributed by atoms with Gasteiger partial charge >= 0.3 is 0 Å². The SMILES string of the molecule is Cc1noc(CSc2nnc(CN3CCCCC3)n2-c2ccc(F)cc2)n1. The first-order valence-electron chi connectivity index (χ1n) is 9.03. The zero-order chi connectivity index (χ0) is 18.6. The molecule has 7 nitrogen and oxygen atoms in total. The van der Waals surface area contributed by atoms with Crippen LogP contribution in [0.3, 0.4) is 0 Å². The number of benzene rings is 1. The molecule has 27 heavy (non-hydrogen) atoms. The highest BCUT2D eigenvalue weighted by Crippen LogP contribution is 2.26. The van der Waals surface area contributed by atoms with Gasteiger partial charge in [0, 0.05) is 5.69 Å². The molecule has 0 atom stereocenters. The van der Waals surface area contributed by atoms with Crippen LogP contribution in [-0.2, 0) is 12.3 Å². The Hall–Kier alpha value is -2.26. The maximum atomic E-state index is 13.4. The van der Waals surface area contributed by atoms with Gasteiger partial charge in [0.05, 0.1) is 12.3 Å². The fourth-order valence-corrected chi connectivity index (χ4v) is 4.00. The van der Waals surface area contributed by atoms with Crippen LogP contribution < -0.4 is 0 Å². The number of thioether (sulfide) groups is 1. The lowest BCUT2D eigenvalue weighted by Gasteiger charge is -2.26. The Kier molecular flexibility index (Phi) is 5.49. The average molecular weight is 388 g/mol. The van der Waals surface area contributed by atoms with Crippen LogP contribution in [0.4, 0.5) is 4.39 Å². The molecule has 3 heterocycles. The van der Waals surface area contributed by atoms with E-state index in [-0.39, 0.29) is 5.82 Å². The lowest BCUT2D eigenvalue weighted by atomic mass is 10.1.